The van der Waals surface area contributed by atoms with Crippen molar-refractivity contribution in [2.24, 2.45) is 11.7 Å². The summed E-state index contributed by atoms with van der Waals surface area (Å²) in [6.07, 6.45) is 1.58. The quantitative estimate of drug-likeness (QED) is 0.640. The third-order valence-electron chi connectivity index (χ3n) is 2.61. The average Bonchev–Trinajstić information content (AvgIpc) is 2.41. The molecule has 0 aliphatic heterocycles. The fourth-order valence-electron chi connectivity index (χ4n) is 1.62. The number of hydrogen-bond acceptors (Lipinski definition) is 4. The van der Waals surface area contributed by atoms with E-state index in [4.69, 9.17) is 22.1 Å². The van der Waals surface area contributed by atoms with Crippen molar-refractivity contribution in [2.45, 2.75) is 20.0 Å². The van der Waals surface area contributed by atoms with Crippen molar-refractivity contribution < 1.29 is 19.1 Å². The van der Waals surface area contributed by atoms with Gasteiger partial charge >= 0.3 is 12.0 Å². The molecule has 22 heavy (non-hydrogen) atoms. The van der Waals surface area contributed by atoms with E-state index in [0.717, 1.165) is 0 Å². The number of hydrogen-bond donors (Lipinski definition) is 2. The van der Waals surface area contributed by atoms with E-state index >= 15 is 0 Å². The van der Waals surface area contributed by atoms with Crippen molar-refractivity contribution in [3.05, 3.63) is 40.9 Å². The summed E-state index contributed by atoms with van der Waals surface area (Å²) in [6.45, 7) is 3.36. The van der Waals surface area contributed by atoms with Gasteiger partial charge in [0.05, 0.1) is 0 Å². The Kier molecular flexibility index (Phi) is 6.59. The minimum Gasteiger partial charge on any atom is -0.449 e. The minimum atomic E-state index is -1.11. The predicted octanol–water partition coefficient (Wildman–Crippen LogP) is 2.12. The molecule has 0 saturated carbocycles. The number of carbonyl (C=O) groups is 3. The first-order chi connectivity index (χ1) is 10.3. The maximum atomic E-state index is 11.8. The highest BCUT2D eigenvalue weighted by Crippen LogP contribution is 2.12. The van der Waals surface area contributed by atoms with E-state index < -0.39 is 24.0 Å². The Bertz CT molecular complexity index is 599. The SMILES string of the molecule is CC(C)[C@H](OC(=O)/C=C/c1cccc(Cl)c1)C(=O)NC(N)=O. The minimum absolute atomic E-state index is 0.317. The van der Waals surface area contributed by atoms with E-state index in [1.807, 2.05) is 5.32 Å². The number of ether oxygens (including phenoxy) is 1. The Morgan fingerprint density at radius 3 is 2.55 bits per heavy atom. The average molecular weight is 325 g/mol. The third kappa shape index (κ3) is 5.97. The number of benzene rings is 1. The van der Waals surface area contributed by atoms with E-state index in [2.05, 4.69) is 0 Å². The van der Waals surface area contributed by atoms with Crippen molar-refractivity contribution in [2.75, 3.05) is 0 Å². The van der Waals surface area contributed by atoms with Gasteiger partial charge in [-0.15, -0.1) is 0 Å². The van der Waals surface area contributed by atoms with E-state index in [-0.39, 0.29) is 5.92 Å². The third-order valence-corrected chi connectivity index (χ3v) is 2.85. The molecule has 0 unspecified atom stereocenters. The van der Waals surface area contributed by atoms with Crippen LogP contribution in [0.25, 0.3) is 6.08 Å². The number of primary amides is 1. The van der Waals surface area contributed by atoms with Crippen LogP contribution in [0.2, 0.25) is 5.02 Å². The van der Waals surface area contributed by atoms with Gasteiger partial charge in [0.25, 0.3) is 5.91 Å². The molecule has 3 N–H and O–H groups in total. The summed E-state index contributed by atoms with van der Waals surface area (Å²) in [5.74, 6) is -1.78. The van der Waals surface area contributed by atoms with Crippen molar-refractivity contribution >= 4 is 35.6 Å². The van der Waals surface area contributed by atoms with Crippen LogP contribution < -0.4 is 11.1 Å². The fourth-order valence-corrected chi connectivity index (χ4v) is 1.82. The molecule has 7 heteroatoms. The largest absolute Gasteiger partial charge is 0.449 e. The van der Waals surface area contributed by atoms with E-state index in [9.17, 15) is 14.4 Å². The van der Waals surface area contributed by atoms with Gasteiger partial charge in [-0.2, -0.15) is 0 Å². The molecule has 0 aliphatic carbocycles. The monoisotopic (exact) mass is 324 g/mol. The Balaban J connectivity index is 2.71. The molecule has 0 aromatic heterocycles. The summed E-state index contributed by atoms with van der Waals surface area (Å²) in [6, 6.07) is 5.88. The number of nitrogens with two attached hydrogens (primary N) is 1. The molecule has 1 rings (SSSR count). The van der Waals surface area contributed by atoms with Crippen LogP contribution in [0.3, 0.4) is 0 Å². The number of carbonyl (C=O) groups excluding carboxylic acids is 3. The summed E-state index contributed by atoms with van der Waals surface area (Å²) >= 11 is 5.83. The van der Waals surface area contributed by atoms with E-state index in [1.165, 1.54) is 12.2 Å². The number of rotatable bonds is 5. The number of imide groups is 1. The molecule has 0 bridgehead atoms. The van der Waals surface area contributed by atoms with Gasteiger partial charge in [0.1, 0.15) is 0 Å². The van der Waals surface area contributed by atoms with Gasteiger partial charge in [-0.1, -0.05) is 37.6 Å². The van der Waals surface area contributed by atoms with Crippen LogP contribution in [0.5, 0.6) is 0 Å². The van der Waals surface area contributed by atoms with Crippen LogP contribution in [0, 0.1) is 5.92 Å². The van der Waals surface area contributed by atoms with Gasteiger partial charge in [-0.3, -0.25) is 10.1 Å². The van der Waals surface area contributed by atoms with Crippen LogP contribution in [0.15, 0.2) is 30.3 Å². The van der Waals surface area contributed by atoms with Gasteiger partial charge in [0, 0.05) is 11.1 Å². The molecule has 0 fully saturated rings. The standard InChI is InChI=1S/C15H17ClN2O4/c1-9(2)13(14(20)18-15(17)21)22-12(19)7-6-10-4-3-5-11(16)8-10/h3-9,13H,1-2H3,(H3,17,18,20,21)/b7-6+/t13-/m0/s1. The number of urea groups is 1. The maximum absolute atomic E-state index is 11.8. The highest BCUT2D eigenvalue weighted by Gasteiger charge is 2.26. The normalized spacial score (nSPS) is 12.2. The van der Waals surface area contributed by atoms with E-state index in [0.29, 0.717) is 10.6 Å². The van der Waals surface area contributed by atoms with Crippen LogP contribution in [0.4, 0.5) is 4.79 Å². The molecule has 0 saturated heterocycles. The second kappa shape index (κ2) is 8.19. The van der Waals surface area contributed by atoms with Gasteiger partial charge in [0.15, 0.2) is 6.10 Å². The van der Waals surface area contributed by atoms with Crippen molar-refractivity contribution in [3.63, 3.8) is 0 Å². The molecule has 0 radical (unpaired) electrons. The molecule has 0 aliphatic rings. The molecule has 1 atom stereocenters. The summed E-state index contributed by atoms with van der Waals surface area (Å²) in [7, 11) is 0. The first-order valence-corrected chi connectivity index (χ1v) is 6.92. The van der Waals surface area contributed by atoms with Crippen LogP contribution in [-0.2, 0) is 14.3 Å². The zero-order valence-electron chi connectivity index (χ0n) is 12.2. The Morgan fingerprint density at radius 2 is 2.00 bits per heavy atom. The molecule has 1 aromatic rings. The number of halogens is 1. The highest BCUT2D eigenvalue weighted by atomic mass is 35.5. The maximum Gasteiger partial charge on any atom is 0.331 e. The summed E-state index contributed by atoms with van der Waals surface area (Å²) in [5.41, 5.74) is 5.59. The highest BCUT2D eigenvalue weighted by molar-refractivity contribution is 6.30. The molecule has 118 valence electrons. The molecule has 6 nitrogen and oxygen atoms in total. The molecule has 0 heterocycles. The van der Waals surface area contributed by atoms with Gasteiger partial charge in [0.2, 0.25) is 0 Å². The summed E-state index contributed by atoms with van der Waals surface area (Å²) < 4.78 is 5.05. The van der Waals surface area contributed by atoms with Crippen LogP contribution >= 0.6 is 11.6 Å². The molecular weight excluding hydrogens is 308 g/mol. The number of amides is 3. The van der Waals surface area contributed by atoms with Crippen molar-refractivity contribution in [1.82, 2.24) is 5.32 Å². The summed E-state index contributed by atoms with van der Waals surface area (Å²) in [4.78, 5) is 34.2. The van der Waals surface area contributed by atoms with Gasteiger partial charge in [-0.25, -0.2) is 9.59 Å². The lowest BCUT2D eigenvalue weighted by molar-refractivity contribution is -0.153. The molecular formula is C15H17ClN2O4. The molecule has 3 amide bonds. The first-order valence-electron chi connectivity index (χ1n) is 6.54. The predicted molar refractivity (Wildman–Crippen MR) is 82.9 cm³/mol. The van der Waals surface area contributed by atoms with Gasteiger partial charge in [-0.05, 0) is 29.7 Å². The van der Waals surface area contributed by atoms with Crippen molar-refractivity contribution in [3.8, 4) is 0 Å². The lowest BCUT2D eigenvalue weighted by atomic mass is 10.1. The zero-order valence-corrected chi connectivity index (χ0v) is 13.0. The Morgan fingerprint density at radius 1 is 1.32 bits per heavy atom. The summed E-state index contributed by atoms with van der Waals surface area (Å²) in [5, 5.41) is 2.43. The molecule has 0 spiro atoms. The van der Waals surface area contributed by atoms with Crippen LogP contribution in [-0.4, -0.2) is 24.0 Å². The van der Waals surface area contributed by atoms with Gasteiger partial charge < -0.3 is 10.5 Å². The zero-order chi connectivity index (χ0) is 16.7. The number of nitrogens with one attached hydrogen (secondary N) is 1. The Labute approximate surface area is 133 Å². The fraction of sp³-hybridized carbons (Fsp3) is 0.267. The molecule has 1 aromatic carbocycles. The Hall–Kier alpha value is -2.34. The lowest BCUT2D eigenvalue weighted by Crippen LogP contribution is -2.45. The van der Waals surface area contributed by atoms with Crippen molar-refractivity contribution in [1.29, 1.82) is 0 Å². The lowest BCUT2D eigenvalue weighted by Gasteiger charge is -2.18. The first kappa shape index (κ1) is 17.7. The second-order valence-corrected chi connectivity index (χ2v) is 5.28. The smallest absolute Gasteiger partial charge is 0.331 e. The second-order valence-electron chi connectivity index (χ2n) is 4.84. The van der Waals surface area contributed by atoms with Crippen LogP contribution in [0.1, 0.15) is 19.4 Å². The number of esters is 1. The van der Waals surface area contributed by atoms with E-state index in [1.54, 1.807) is 38.1 Å². The topological polar surface area (TPSA) is 98.5 Å².